The molecule has 1 rings (SSSR count). The first kappa shape index (κ1) is 14.8. The highest BCUT2D eigenvalue weighted by molar-refractivity contribution is 14.1. The van der Waals surface area contributed by atoms with Crippen LogP contribution in [0.5, 0.6) is 11.5 Å². The van der Waals surface area contributed by atoms with Gasteiger partial charge in [0.1, 0.15) is 11.5 Å². The summed E-state index contributed by atoms with van der Waals surface area (Å²) < 4.78 is 12.7. The molecular weight excluding hydrogens is 343 g/mol. The van der Waals surface area contributed by atoms with Crippen LogP contribution in [-0.2, 0) is 5.41 Å². The maximum absolute atomic E-state index is 6.10. The van der Waals surface area contributed by atoms with Crippen LogP contribution in [0, 0.1) is 3.57 Å². The second kappa shape index (κ2) is 5.61. The molecule has 0 aliphatic heterocycles. The van der Waals surface area contributed by atoms with Crippen molar-refractivity contribution in [1.82, 2.24) is 0 Å². The van der Waals surface area contributed by atoms with E-state index >= 15 is 0 Å². The van der Waals surface area contributed by atoms with Crippen LogP contribution in [-0.4, -0.2) is 16.2 Å². The maximum Gasteiger partial charge on any atom is 0.229 e. The Morgan fingerprint density at radius 1 is 1.18 bits per heavy atom. The third-order valence-electron chi connectivity index (χ3n) is 2.39. The fourth-order valence-electron chi connectivity index (χ4n) is 1.77. The van der Waals surface area contributed by atoms with E-state index in [4.69, 9.17) is 9.16 Å². The molecule has 1 aromatic carbocycles. The van der Waals surface area contributed by atoms with Gasteiger partial charge in [0.05, 0.1) is 10.7 Å². The van der Waals surface area contributed by atoms with Gasteiger partial charge in [0, 0.05) is 5.56 Å². The van der Waals surface area contributed by atoms with Gasteiger partial charge in [0.25, 0.3) is 0 Å². The van der Waals surface area contributed by atoms with Crippen LogP contribution >= 0.6 is 22.6 Å². The highest BCUT2D eigenvalue weighted by atomic mass is 127. The van der Waals surface area contributed by atoms with Crippen LogP contribution in [0.4, 0.5) is 0 Å². The third kappa shape index (κ3) is 3.61. The Kier molecular flexibility index (Phi) is 4.89. The third-order valence-corrected chi connectivity index (χ3v) is 3.95. The molecule has 0 fully saturated rings. The van der Waals surface area contributed by atoms with Crippen molar-refractivity contribution in [3.05, 3.63) is 21.3 Å². The number of hydrogen-bond acceptors (Lipinski definition) is 2. The van der Waals surface area contributed by atoms with Crippen LogP contribution in [0.3, 0.4) is 0 Å². The summed E-state index contributed by atoms with van der Waals surface area (Å²) in [6.07, 6.45) is 0. The number of methoxy groups -OCH3 is 1. The molecule has 0 aliphatic carbocycles. The smallest absolute Gasteiger partial charge is 0.229 e. The van der Waals surface area contributed by atoms with E-state index in [1.165, 1.54) is 5.56 Å². The van der Waals surface area contributed by atoms with Gasteiger partial charge >= 0.3 is 0 Å². The molecule has 0 saturated heterocycles. The molecule has 0 bridgehead atoms. The number of rotatable bonds is 3. The van der Waals surface area contributed by atoms with Gasteiger partial charge < -0.3 is 9.16 Å². The van der Waals surface area contributed by atoms with Crippen LogP contribution in [0.15, 0.2) is 12.1 Å². The predicted molar refractivity (Wildman–Crippen MR) is 83.9 cm³/mol. The van der Waals surface area contributed by atoms with Crippen LogP contribution in [0.1, 0.15) is 26.3 Å². The van der Waals surface area contributed by atoms with Gasteiger partial charge in [-0.2, -0.15) is 0 Å². The minimum Gasteiger partial charge on any atom is -0.546 e. The van der Waals surface area contributed by atoms with E-state index in [2.05, 4.69) is 62.5 Å². The molecule has 0 aliphatic rings. The number of benzene rings is 1. The first-order valence-corrected chi connectivity index (χ1v) is 9.67. The summed E-state index contributed by atoms with van der Waals surface area (Å²) in [5.41, 5.74) is 1.19. The molecule has 4 heteroatoms. The molecule has 0 amide bonds. The second-order valence-electron chi connectivity index (χ2n) is 5.37. The van der Waals surface area contributed by atoms with Crippen molar-refractivity contribution in [1.29, 1.82) is 0 Å². The fourth-order valence-corrected chi connectivity index (χ4v) is 3.30. The first-order valence-electron chi connectivity index (χ1n) is 5.81. The van der Waals surface area contributed by atoms with E-state index in [0.717, 1.165) is 15.1 Å². The Morgan fingerprint density at radius 3 is 2.18 bits per heavy atom. The largest absolute Gasteiger partial charge is 0.546 e. The van der Waals surface area contributed by atoms with Gasteiger partial charge in [-0.3, -0.25) is 0 Å². The van der Waals surface area contributed by atoms with E-state index in [-0.39, 0.29) is 5.41 Å². The summed E-state index contributed by atoms with van der Waals surface area (Å²) in [7, 11) is 0.599. The Labute approximate surface area is 120 Å². The van der Waals surface area contributed by atoms with Gasteiger partial charge in [-0.1, -0.05) is 20.8 Å². The number of hydrogen-bond donors (Lipinski definition) is 0. The van der Waals surface area contributed by atoms with Crippen molar-refractivity contribution in [3.63, 3.8) is 0 Å². The fraction of sp³-hybridized carbons (Fsp3) is 0.538. The quantitative estimate of drug-likeness (QED) is 0.597. The second-order valence-corrected chi connectivity index (χ2v) is 8.87. The van der Waals surface area contributed by atoms with Crippen molar-refractivity contribution in [3.8, 4) is 11.5 Å². The monoisotopic (exact) mass is 364 g/mol. The standard InChI is InChI=1S/C13H21IO2Si/c1-13(2,3)11-10(15-4)8-7-9(14)12(11)16-17(5)6/h7-8,17H,1-6H3. The molecule has 2 nitrogen and oxygen atoms in total. The first-order chi connectivity index (χ1) is 7.77. The normalized spacial score (nSPS) is 11.8. The molecule has 0 spiro atoms. The summed E-state index contributed by atoms with van der Waals surface area (Å²) in [5, 5.41) is 0. The van der Waals surface area contributed by atoms with Gasteiger partial charge in [-0.15, -0.1) is 0 Å². The van der Waals surface area contributed by atoms with Crippen molar-refractivity contribution in [2.45, 2.75) is 39.3 Å². The number of ether oxygens (including phenoxy) is 1. The van der Waals surface area contributed by atoms with E-state index < -0.39 is 9.04 Å². The van der Waals surface area contributed by atoms with E-state index in [1.54, 1.807) is 7.11 Å². The molecule has 0 heterocycles. The summed E-state index contributed by atoms with van der Waals surface area (Å²) in [6.45, 7) is 10.9. The summed E-state index contributed by atoms with van der Waals surface area (Å²) in [5.74, 6) is 1.93. The van der Waals surface area contributed by atoms with E-state index in [1.807, 2.05) is 6.07 Å². The Balaban J connectivity index is 3.42. The maximum atomic E-state index is 6.10. The van der Waals surface area contributed by atoms with Gasteiger partial charge in [0.15, 0.2) is 0 Å². The molecular formula is C13H21IO2Si. The highest BCUT2D eigenvalue weighted by Crippen LogP contribution is 2.41. The molecule has 0 radical (unpaired) electrons. The number of halogens is 1. The van der Waals surface area contributed by atoms with Gasteiger partial charge in [0.2, 0.25) is 9.04 Å². The molecule has 0 unspecified atom stereocenters. The lowest BCUT2D eigenvalue weighted by Gasteiger charge is -2.27. The molecule has 17 heavy (non-hydrogen) atoms. The Morgan fingerprint density at radius 2 is 1.76 bits per heavy atom. The van der Waals surface area contributed by atoms with Gasteiger partial charge in [-0.25, -0.2) is 0 Å². The Hall–Kier alpha value is -0.233. The molecule has 0 aromatic heterocycles. The van der Waals surface area contributed by atoms with Crippen molar-refractivity contribution in [2.75, 3.05) is 7.11 Å². The highest BCUT2D eigenvalue weighted by Gasteiger charge is 2.26. The lowest BCUT2D eigenvalue weighted by molar-refractivity contribution is 0.390. The minimum atomic E-state index is -1.12. The zero-order chi connectivity index (χ0) is 13.2. The van der Waals surface area contributed by atoms with Crippen LogP contribution in [0.2, 0.25) is 13.1 Å². The molecule has 0 atom stereocenters. The van der Waals surface area contributed by atoms with Crippen molar-refractivity contribution < 1.29 is 9.16 Å². The Bertz CT molecular complexity index is 397. The van der Waals surface area contributed by atoms with Crippen LogP contribution < -0.4 is 9.16 Å². The van der Waals surface area contributed by atoms with Crippen LogP contribution in [0.25, 0.3) is 0 Å². The molecule has 0 saturated carbocycles. The lowest BCUT2D eigenvalue weighted by atomic mass is 9.85. The summed E-state index contributed by atoms with van der Waals surface area (Å²) in [4.78, 5) is 0. The zero-order valence-corrected chi connectivity index (χ0v) is 14.7. The molecule has 0 N–H and O–H groups in total. The van der Waals surface area contributed by atoms with Gasteiger partial charge in [-0.05, 0) is 53.2 Å². The average Bonchev–Trinajstić information content (AvgIpc) is 2.18. The molecule has 96 valence electrons. The zero-order valence-electron chi connectivity index (χ0n) is 11.4. The molecule has 1 aromatic rings. The SMILES string of the molecule is COc1ccc(I)c(O[SiH](C)C)c1C(C)(C)C. The lowest BCUT2D eigenvalue weighted by Crippen LogP contribution is -2.20. The topological polar surface area (TPSA) is 18.5 Å². The summed E-state index contributed by atoms with van der Waals surface area (Å²) >= 11 is 2.33. The van der Waals surface area contributed by atoms with E-state index in [9.17, 15) is 0 Å². The van der Waals surface area contributed by atoms with Crippen molar-refractivity contribution >= 4 is 31.6 Å². The summed E-state index contributed by atoms with van der Waals surface area (Å²) in [6, 6.07) is 4.08. The average molecular weight is 364 g/mol. The minimum absolute atomic E-state index is 0.0190. The predicted octanol–water partition coefficient (Wildman–Crippen LogP) is 3.96. The van der Waals surface area contributed by atoms with Crippen molar-refractivity contribution in [2.24, 2.45) is 0 Å². The van der Waals surface area contributed by atoms with E-state index in [0.29, 0.717) is 0 Å².